The number of hydrogen-bond acceptors (Lipinski definition) is 3. The van der Waals surface area contributed by atoms with Gasteiger partial charge in [0.15, 0.2) is 0 Å². The zero-order valence-electron chi connectivity index (χ0n) is 4.56. The highest BCUT2D eigenvalue weighted by atomic mass is 19.2. The van der Waals surface area contributed by atoms with Crippen LogP contribution in [0.15, 0.2) is 0 Å². The zero-order chi connectivity index (χ0) is 7.07. The molecule has 1 aliphatic rings. The molecule has 0 unspecified atom stereocenters. The first-order valence-corrected chi connectivity index (χ1v) is 2.25. The fraction of sp³-hybridized carbons (Fsp3) is 0.750. The van der Waals surface area contributed by atoms with Gasteiger partial charge in [0.05, 0.1) is 0 Å². The van der Waals surface area contributed by atoms with Gasteiger partial charge < -0.3 is 9.47 Å². The molecule has 1 saturated heterocycles. The van der Waals surface area contributed by atoms with Crippen molar-refractivity contribution in [1.82, 2.24) is 0 Å². The average Bonchev–Trinajstić information content (AvgIpc) is 1.79. The predicted octanol–water partition coefficient (Wildman–Crippen LogP) is 1.13. The van der Waals surface area contributed by atoms with Gasteiger partial charge in [-0.3, -0.25) is 0 Å². The van der Waals surface area contributed by atoms with Crippen molar-refractivity contribution < 1.29 is 23.0 Å². The first kappa shape index (κ1) is 6.25. The first-order valence-electron chi connectivity index (χ1n) is 2.25. The molecule has 2 atom stereocenters. The number of halogens is 2. The van der Waals surface area contributed by atoms with Gasteiger partial charge in [-0.1, -0.05) is 0 Å². The molecular weight excluding hydrogens is 134 g/mol. The lowest BCUT2D eigenvalue weighted by atomic mass is 10.4. The third-order valence-electron chi connectivity index (χ3n) is 0.888. The third kappa shape index (κ3) is 0.940. The summed E-state index contributed by atoms with van der Waals surface area (Å²) in [6.45, 7) is 0.780. The summed E-state index contributed by atoms with van der Waals surface area (Å²) in [5.74, 6) is -2.61. The van der Waals surface area contributed by atoms with Crippen LogP contribution in [-0.4, -0.2) is 18.4 Å². The molecule has 1 heterocycles. The van der Waals surface area contributed by atoms with Gasteiger partial charge in [0.1, 0.15) is 0 Å². The monoisotopic (exact) mass is 138 g/mol. The van der Waals surface area contributed by atoms with Gasteiger partial charge in [0.2, 0.25) is 0 Å². The summed E-state index contributed by atoms with van der Waals surface area (Å²) in [5, 5.41) is 0. The van der Waals surface area contributed by atoms with E-state index in [1.54, 1.807) is 0 Å². The van der Waals surface area contributed by atoms with Gasteiger partial charge in [0.25, 0.3) is 0 Å². The Bertz CT molecular complexity index is 145. The number of rotatable bonds is 0. The largest absolute Gasteiger partial charge is 0.514 e. The van der Waals surface area contributed by atoms with Gasteiger partial charge in [-0.25, -0.2) is 4.79 Å². The minimum Gasteiger partial charge on any atom is -0.392 e. The molecule has 1 aliphatic heterocycles. The molecule has 5 heteroatoms. The van der Waals surface area contributed by atoms with E-state index in [-0.39, 0.29) is 0 Å². The highest BCUT2D eigenvalue weighted by Crippen LogP contribution is 2.28. The van der Waals surface area contributed by atoms with Crippen molar-refractivity contribution in [2.75, 3.05) is 0 Å². The summed E-state index contributed by atoms with van der Waals surface area (Å²) in [5.41, 5.74) is 0. The van der Waals surface area contributed by atoms with Crippen LogP contribution in [0.3, 0.4) is 0 Å². The van der Waals surface area contributed by atoms with Crippen molar-refractivity contribution in [2.24, 2.45) is 0 Å². The highest BCUT2D eigenvalue weighted by molar-refractivity contribution is 5.62. The Balaban J connectivity index is 2.69. The van der Waals surface area contributed by atoms with Gasteiger partial charge in [-0.15, -0.1) is 0 Å². The Morgan fingerprint density at radius 2 is 2.33 bits per heavy atom. The second kappa shape index (κ2) is 1.55. The number of carbonyl (C=O) groups excluding carboxylic acids is 1. The summed E-state index contributed by atoms with van der Waals surface area (Å²) in [7, 11) is 0. The Hall–Kier alpha value is -0.870. The molecule has 3 nitrogen and oxygen atoms in total. The van der Waals surface area contributed by atoms with E-state index in [1.807, 2.05) is 0 Å². The minimum absolute atomic E-state index is 0.780. The van der Waals surface area contributed by atoms with Crippen LogP contribution in [0.2, 0.25) is 0 Å². The highest BCUT2D eigenvalue weighted by Gasteiger charge is 2.49. The summed E-state index contributed by atoms with van der Waals surface area (Å²) < 4.78 is 31.8. The van der Waals surface area contributed by atoms with E-state index < -0.39 is 18.4 Å². The number of hydrogen-bond donors (Lipinski definition) is 0. The Morgan fingerprint density at radius 3 is 2.44 bits per heavy atom. The van der Waals surface area contributed by atoms with Crippen LogP contribution in [0.1, 0.15) is 6.92 Å². The molecule has 0 aromatic heterocycles. The van der Waals surface area contributed by atoms with Crippen molar-refractivity contribution in [2.45, 2.75) is 19.1 Å². The predicted molar refractivity (Wildman–Crippen MR) is 22.0 cm³/mol. The molecule has 0 saturated carbocycles. The van der Waals surface area contributed by atoms with Gasteiger partial charge >= 0.3 is 18.4 Å². The van der Waals surface area contributed by atoms with Crippen molar-refractivity contribution in [1.29, 1.82) is 0 Å². The normalized spacial score (nSPS) is 42.1. The fourth-order valence-corrected chi connectivity index (χ4v) is 0.423. The number of cyclic esters (lactones) is 2. The molecule has 0 radical (unpaired) electrons. The maximum atomic E-state index is 12.3. The lowest BCUT2D eigenvalue weighted by Gasteiger charge is -2.08. The molecular formula is C4H4F2O3. The van der Waals surface area contributed by atoms with Crippen LogP contribution < -0.4 is 0 Å². The lowest BCUT2D eigenvalue weighted by Crippen LogP contribution is -2.27. The quantitative estimate of drug-likeness (QED) is 0.471. The van der Waals surface area contributed by atoms with Crippen molar-refractivity contribution in [3.63, 3.8) is 0 Å². The van der Waals surface area contributed by atoms with Crippen LogP contribution >= 0.6 is 0 Å². The van der Waals surface area contributed by atoms with E-state index in [0.29, 0.717) is 0 Å². The Kier molecular flexibility index (Phi) is 1.08. The van der Waals surface area contributed by atoms with Crippen molar-refractivity contribution in [3.05, 3.63) is 0 Å². The number of carbonyl (C=O) groups is 1. The van der Waals surface area contributed by atoms with Gasteiger partial charge in [-0.05, 0) is 0 Å². The Labute approximate surface area is 49.5 Å². The SMILES string of the molecule is C[C@@]1(F)OC(=O)O[C@H]1F. The second-order valence-electron chi connectivity index (χ2n) is 1.77. The van der Waals surface area contributed by atoms with Crippen LogP contribution in [0.5, 0.6) is 0 Å². The first-order chi connectivity index (χ1) is 4.02. The summed E-state index contributed by atoms with van der Waals surface area (Å²) in [4.78, 5) is 9.94. The minimum atomic E-state index is -2.61. The Morgan fingerprint density at radius 1 is 1.78 bits per heavy atom. The maximum Gasteiger partial charge on any atom is 0.514 e. The topological polar surface area (TPSA) is 35.5 Å². The summed E-state index contributed by atoms with van der Waals surface area (Å²) >= 11 is 0. The van der Waals surface area contributed by atoms with E-state index in [4.69, 9.17) is 0 Å². The average molecular weight is 138 g/mol. The lowest BCUT2D eigenvalue weighted by molar-refractivity contribution is -0.122. The summed E-state index contributed by atoms with van der Waals surface area (Å²) in [6, 6.07) is 0. The summed E-state index contributed by atoms with van der Waals surface area (Å²) in [6.07, 6.45) is -3.61. The van der Waals surface area contributed by atoms with E-state index in [1.165, 1.54) is 0 Å². The molecule has 52 valence electrons. The van der Waals surface area contributed by atoms with Crippen LogP contribution in [0, 0.1) is 0 Å². The van der Waals surface area contributed by atoms with Crippen LogP contribution in [0.4, 0.5) is 13.6 Å². The van der Waals surface area contributed by atoms with Crippen LogP contribution in [0.25, 0.3) is 0 Å². The fourth-order valence-electron chi connectivity index (χ4n) is 0.423. The van der Waals surface area contributed by atoms with E-state index in [2.05, 4.69) is 9.47 Å². The zero-order valence-corrected chi connectivity index (χ0v) is 4.56. The molecule has 0 N–H and O–H groups in total. The molecule has 0 spiro atoms. The number of alkyl halides is 2. The molecule has 0 aromatic rings. The van der Waals surface area contributed by atoms with Crippen molar-refractivity contribution in [3.8, 4) is 0 Å². The van der Waals surface area contributed by atoms with E-state index in [0.717, 1.165) is 6.92 Å². The molecule has 1 rings (SSSR count). The van der Waals surface area contributed by atoms with Crippen molar-refractivity contribution >= 4 is 6.16 Å². The molecule has 0 bridgehead atoms. The smallest absolute Gasteiger partial charge is 0.392 e. The maximum absolute atomic E-state index is 12.3. The molecule has 0 aromatic carbocycles. The second-order valence-corrected chi connectivity index (χ2v) is 1.77. The molecule has 0 aliphatic carbocycles. The molecule has 9 heavy (non-hydrogen) atoms. The molecule has 0 amide bonds. The third-order valence-corrected chi connectivity index (χ3v) is 0.888. The van der Waals surface area contributed by atoms with Gasteiger partial charge in [0, 0.05) is 6.92 Å². The molecule has 1 fully saturated rings. The number of ether oxygens (including phenoxy) is 2. The van der Waals surface area contributed by atoms with E-state index in [9.17, 15) is 13.6 Å². The van der Waals surface area contributed by atoms with Gasteiger partial charge in [-0.2, -0.15) is 8.78 Å². The van der Waals surface area contributed by atoms with E-state index >= 15 is 0 Å². The standard InChI is InChI=1S/C4H4F2O3/c1-4(6)2(5)8-3(7)9-4/h2H,1H3/t2-,4-/m1/s1. The van der Waals surface area contributed by atoms with Crippen LogP contribution in [-0.2, 0) is 9.47 Å².